The summed E-state index contributed by atoms with van der Waals surface area (Å²) in [5, 5.41) is 0. The molecule has 0 bridgehead atoms. The summed E-state index contributed by atoms with van der Waals surface area (Å²) >= 11 is 0. The number of hydrogen-bond donors (Lipinski definition) is 0. The van der Waals surface area contributed by atoms with Gasteiger partial charge in [0.05, 0.1) is 0 Å². The van der Waals surface area contributed by atoms with Crippen LogP contribution in [0.5, 0.6) is 0 Å². The van der Waals surface area contributed by atoms with Crippen LogP contribution in [0.3, 0.4) is 0 Å². The minimum Gasteiger partial charge on any atom is -0.381 e. The monoisotopic (exact) mass is 383 g/mol. The average molecular weight is 385 g/mol. The summed E-state index contributed by atoms with van der Waals surface area (Å²) in [7, 11) is 4.24. The third-order valence-electron chi connectivity index (χ3n) is 4.45. The van der Waals surface area contributed by atoms with Crippen LogP contribution in [0.4, 0.5) is 0 Å². The summed E-state index contributed by atoms with van der Waals surface area (Å²) in [6, 6.07) is 0.703. The number of pyridine rings is 1. The SMILES string of the molecule is CN(C)Cc1cncc2c1CCN(C1CCOCC1)C2.Cl.Cl.Cl. The zero-order valence-electron chi connectivity index (χ0n) is 13.9. The molecule has 0 N–H and O–H groups in total. The van der Waals surface area contributed by atoms with Crippen molar-refractivity contribution in [1.82, 2.24) is 14.8 Å². The number of ether oxygens (including phenoxy) is 1. The van der Waals surface area contributed by atoms with Gasteiger partial charge in [0.1, 0.15) is 0 Å². The van der Waals surface area contributed by atoms with Crippen molar-refractivity contribution >= 4 is 37.2 Å². The van der Waals surface area contributed by atoms with Crippen molar-refractivity contribution in [2.45, 2.75) is 38.4 Å². The molecule has 0 atom stereocenters. The first-order valence-corrected chi connectivity index (χ1v) is 7.65. The number of rotatable bonds is 3. The van der Waals surface area contributed by atoms with E-state index in [0.29, 0.717) is 6.04 Å². The van der Waals surface area contributed by atoms with Gasteiger partial charge in [-0.2, -0.15) is 0 Å². The van der Waals surface area contributed by atoms with Gasteiger partial charge in [0.15, 0.2) is 0 Å². The molecule has 2 aliphatic rings. The molecule has 0 unspecified atom stereocenters. The fourth-order valence-corrected chi connectivity index (χ4v) is 3.43. The zero-order chi connectivity index (χ0) is 13.9. The van der Waals surface area contributed by atoms with Crippen molar-refractivity contribution in [3.05, 3.63) is 29.1 Å². The lowest BCUT2D eigenvalue weighted by atomic mass is 9.94. The van der Waals surface area contributed by atoms with E-state index in [9.17, 15) is 0 Å². The van der Waals surface area contributed by atoms with Crippen LogP contribution in [-0.2, 0) is 24.2 Å². The van der Waals surface area contributed by atoms with Gasteiger partial charge in [0.25, 0.3) is 0 Å². The summed E-state index contributed by atoms with van der Waals surface area (Å²) in [6.45, 7) is 5.09. The van der Waals surface area contributed by atoms with Gasteiger partial charge < -0.3 is 9.64 Å². The molecule has 1 aromatic rings. The summed E-state index contributed by atoms with van der Waals surface area (Å²) in [5.74, 6) is 0. The normalized spacial score (nSPS) is 18.4. The van der Waals surface area contributed by atoms with Gasteiger partial charge in [0, 0.05) is 51.3 Å². The van der Waals surface area contributed by atoms with Crippen LogP contribution in [0.25, 0.3) is 0 Å². The lowest BCUT2D eigenvalue weighted by Gasteiger charge is -2.38. The molecule has 1 saturated heterocycles. The molecule has 0 aliphatic carbocycles. The van der Waals surface area contributed by atoms with Crippen LogP contribution in [0, 0.1) is 0 Å². The largest absolute Gasteiger partial charge is 0.381 e. The third kappa shape index (κ3) is 5.73. The Morgan fingerprint density at radius 1 is 1.17 bits per heavy atom. The molecule has 0 radical (unpaired) electrons. The number of nitrogens with zero attached hydrogens (tertiary/aromatic N) is 3. The van der Waals surface area contributed by atoms with E-state index in [-0.39, 0.29) is 37.2 Å². The predicted molar refractivity (Wildman–Crippen MR) is 101 cm³/mol. The minimum absolute atomic E-state index is 0. The van der Waals surface area contributed by atoms with Gasteiger partial charge in [0.2, 0.25) is 0 Å². The molecule has 7 heteroatoms. The summed E-state index contributed by atoms with van der Waals surface area (Å²) in [6.07, 6.45) is 7.64. The van der Waals surface area contributed by atoms with E-state index in [1.165, 1.54) is 42.5 Å². The molecular weight excluding hydrogens is 357 g/mol. The quantitative estimate of drug-likeness (QED) is 0.801. The Hall–Kier alpha value is -0.100. The predicted octanol–water partition coefficient (Wildman–Crippen LogP) is 2.95. The molecule has 3 heterocycles. The van der Waals surface area contributed by atoms with E-state index in [1.807, 2.05) is 6.20 Å². The van der Waals surface area contributed by atoms with Crippen molar-refractivity contribution in [1.29, 1.82) is 0 Å². The van der Waals surface area contributed by atoms with Crippen LogP contribution in [0.2, 0.25) is 0 Å². The van der Waals surface area contributed by atoms with Crippen molar-refractivity contribution in [3.8, 4) is 0 Å². The summed E-state index contributed by atoms with van der Waals surface area (Å²) in [4.78, 5) is 9.31. The number of hydrogen-bond acceptors (Lipinski definition) is 4. The van der Waals surface area contributed by atoms with Crippen LogP contribution in [0.1, 0.15) is 29.5 Å². The standard InChI is InChI=1S/C16H25N3O.3ClH/c1-18(2)11-13-9-17-10-14-12-19(6-3-16(13)14)15-4-7-20-8-5-15;;;/h9-10,15H,3-8,11-12H2,1-2H3;3*1H. The smallest absolute Gasteiger partial charge is 0.0480 e. The highest BCUT2D eigenvalue weighted by molar-refractivity contribution is 5.86. The lowest BCUT2D eigenvalue weighted by molar-refractivity contribution is 0.0289. The minimum atomic E-state index is 0. The summed E-state index contributed by atoms with van der Waals surface area (Å²) in [5.41, 5.74) is 4.37. The Bertz CT molecular complexity index is 468. The molecule has 134 valence electrons. The van der Waals surface area contributed by atoms with Crippen LogP contribution in [0.15, 0.2) is 12.4 Å². The van der Waals surface area contributed by atoms with Gasteiger partial charge in [-0.1, -0.05) is 0 Å². The second-order valence-corrected chi connectivity index (χ2v) is 6.24. The average Bonchev–Trinajstić information content (AvgIpc) is 2.47. The molecule has 23 heavy (non-hydrogen) atoms. The molecule has 0 spiro atoms. The Morgan fingerprint density at radius 3 is 2.52 bits per heavy atom. The summed E-state index contributed by atoms with van der Waals surface area (Å²) < 4.78 is 5.48. The zero-order valence-corrected chi connectivity index (χ0v) is 16.3. The van der Waals surface area contributed by atoms with Crippen LogP contribution < -0.4 is 0 Å². The molecule has 1 aromatic heterocycles. The molecular formula is C16H28Cl3N3O. The lowest BCUT2D eigenvalue weighted by Crippen LogP contribution is -2.42. The maximum absolute atomic E-state index is 5.48. The highest BCUT2D eigenvalue weighted by Crippen LogP contribution is 2.26. The maximum atomic E-state index is 5.48. The first-order valence-electron chi connectivity index (χ1n) is 7.65. The van der Waals surface area contributed by atoms with E-state index in [2.05, 4.69) is 35.1 Å². The highest BCUT2D eigenvalue weighted by Gasteiger charge is 2.26. The van der Waals surface area contributed by atoms with Crippen LogP contribution >= 0.6 is 37.2 Å². The Morgan fingerprint density at radius 2 is 1.87 bits per heavy atom. The van der Waals surface area contributed by atoms with Gasteiger partial charge >= 0.3 is 0 Å². The van der Waals surface area contributed by atoms with Crippen molar-refractivity contribution in [2.24, 2.45) is 0 Å². The number of fused-ring (bicyclic) bond motifs is 1. The molecule has 0 saturated carbocycles. The van der Waals surface area contributed by atoms with Crippen molar-refractivity contribution in [2.75, 3.05) is 33.9 Å². The first-order chi connectivity index (χ1) is 9.74. The van der Waals surface area contributed by atoms with Gasteiger partial charge in [-0.25, -0.2) is 0 Å². The Labute approximate surface area is 158 Å². The fraction of sp³-hybridized carbons (Fsp3) is 0.688. The van der Waals surface area contributed by atoms with E-state index in [0.717, 1.165) is 26.3 Å². The topological polar surface area (TPSA) is 28.6 Å². The number of aromatic nitrogens is 1. The van der Waals surface area contributed by atoms with Crippen molar-refractivity contribution < 1.29 is 4.74 Å². The van der Waals surface area contributed by atoms with E-state index < -0.39 is 0 Å². The third-order valence-corrected chi connectivity index (χ3v) is 4.45. The molecule has 3 rings (SSSR count). The molecule has 2 aliphatic heterocycles. The van der Waals surface area contributed by atoms with E-state index >= 15 is 0 Å². The molecule has 1 fully saturated rings. The number of halogens is 3. The van der Waals surface area contributed by atoms with E-state index in [4.69, 9.17) is 4.74 Å². The van der Waals surface area contributed by atoms with Gasteiger partial charge in [-0.05, 0) is 50.0 Å². The maximum Gasteiger partial charge on any atom is 0.0480 e. The highest BCUT2D eigenvalue weighted by atomic mass is 35.5. The molecule has 0 aromatic carbocycles. The van der Waals surface area contributed by atoms with E-state index in [1.54, 1.807) is 0 Å². The Kier molecular flexibility index (Phi) is 10.7. The van der Waals surface area contributed by atoms with Crippen molar-refractivity contribution in [3.63, 3.8) is 0 Å². The first kappa shape index (κ1) is 22.9. The molecule has 0 amide bonds. The second-order valence-electron chi connectivity index (χ2n) is 6.24. The molecule has 4 nitrogen and oxygen atoms in total. The van der Waals surface area contributed by atoms with Crippen LogP contribution in [-0.4, -0.2) is 54.7 Å². The Balaban J connectivity index is 0.00000161. The second kappa shape index (κ2) is 10.7. The fourth-order valence-electron chi connectivity index (χ4n) is 3.43. The van der Waals surface area contributed by atoms with Gasteiger partial charge in [-0.15, -0.1) is 37.2 Å². The van der Waals surface area contributed by atoms with Gasteiger partial charge in [-0.3, -0.25) is 9.88 Å².